The second-order valence-electron chi connectivity index (χ2n) is 5.47. The predicted molar refractivity (Wildman–Crippen MR) is 63.6 cm³/mol. The number of nitrogens with one attached hydrogen (secondary N) is 1. The molecule has 84 valence electrons. The SMILES string of the molecule is CCCCC(C)(C)NC1CCCCC1. The van der Waals surface area contributed by atoms with Gasteiger partial charge in [0.05, 0.1) is 0 Å². The molecular weight excluding hydrogens is 170 g/mol. The van der Waals surface area contributed by atoms with Crippen LogP contribution in [-0.4, -0.2) is 11.6 Å². The molecule has 1 aliphatic rings. The summed E-state index contributed by atoms with van der Waals surface area (Å²) in [5.41, 5.74) is 0.359. The quantitative estimate of drug-likeness (QED) is 0.705. The van der Waals surface area contributed by atoms with Gasteiger partial charge in [0.15, 0.2) is 0 Å². The Morgan fingerprint density at radius 1 is 1.14 bits per heavy atom. The van der Waals surface area contributed by atoms with Crippen molar-refractivity contribution in [1.82, 2.24) is 5.32 Å². The van der Waals surface area contributed by atoms with Gasteiger partial charge in [0, 0.05) is 11.6 Å². The van der Waals surface area contributed by atoms with Crippen LogP contribution in [0, 0.1) is 0 Å². The summed E-state index contributed by atoms with van der Waals surface area (Å²) in [5.74, 6) is 0. The molecule has 0 unspecified atom stereocenters. The van der Waals surface area contributed by atoms with Crippen molar-refractivity contribution in [2.75, 3.05) is 0 Å². The summed E-state index contributed by atoms with van der Waals surface area (Å²) in [6.45, 7) is 6.99. The lowest BCUT2D eigenvalue weighted by molar-refractivity contribution is 0.263. The fourth-order valence-electron chi connectivity index (χ4n) is 2.49. The molecule has 0 bridgehead atoms. The van der Waals surface area contributed by atoms with E-state index in [4.69, 9.17) is 0 Å². The summed E-state index contributed by atoms with van der Waals surface area (Å²) in [5, 5.41) is 3.83. The minimum Gasteiger partial charge on any atom is -0.309 e. The zero-order chi connectivity index (χ0) is 10.4. The van der Waals surface area contributed by atoms with Crippen molar-refractivity contribution >= 4 is 0 Å². The molecule has 0 aromatic rings. The van der Waals surface area contributed by atoms with E-state index in [1.54, 1.807) is 0 Å². The van der Waals surface area contributed by atoms with Crippen LogP contribution in [0.4, 0.5) is 0 Å². The molecule has 0 amide bonds. The molecule has 1 heteroatoms. The molecule has 1 rings (SSSR count). The van der Waals surface area contributed by atoms with E-state index in [-0.39, 0.29) is 0 Å². The van der Waals surface area contributed by atoms with Gasteiger partial charge in [0.1, 0.15) is 0 Å². The number of unbranched alkanes of at least 4 members (excludes halogenated alkanes) is 1. The van der Waals surface area contributed by atoms with Crippen LogP contribution in [-0.2, 0) is 0 Å². The lowest BCUT2D eigenvalue weighted by atomic mass is 9.90. The highest BCUT2D eigenvalue weighted by molar-refractivity contribution is 4.83. The van der Waals surface area contributed by atoms with Crippen LogP contribution in [0.15, 0.2) is 0 Å². The van der Waals surface area contributed by atoms with Gasteiger partial charge in [-0.2, -0.15) is 0 Å². The topological polar surface area (TPSA) is 12.0 Å². The van der Waals surface area contributed by atoms with Crippen LogP contribution in [0.3, 0.4) is 0 Å². The van der Waals surface area contributed by atoms with Gasteiger partial charge in [0.2, 0.25) is 0 Å². The van der Waals surface area contributed by atoms with Crippen molar-refractivity contribution in [3.63, 3.8) is 0 Å². The maximum Gasteiger partial charge on any atom is 0.0127 e. The Labute approximate surface area is 89.7 Å². The summed E-state index contributed by atoms with van der Waals surface area (Å²) in [7, 11) is 0. The largest absolute Gasteiger partial charge is 0.309 e. The fourth-order valence-corrected chi connectivity index (χ4v) is 2.49. The third kappa shape index (κ3) is 4.45. The van der Waals surface area contributed by atoms with Gasteiger partial charge in [0.25, 0.3) is 0 Å². The van der Waals surface area contributed by atoms with Crippen molar-refractivity contribution in [2.24, 2.45) is 0 Å². The van der Waals surface area contributed by atoms with Crippen LogP contribution in [0.2, 0.25) is 0 Å². The Morgan fingerprint density at radius 2 is 1.79 bits per heavy atom. The number of rotatable bonds is 5. The molecule has 1 N–H and O–H groups in total. The standard InChI is InChI=1S/C13H27N/c1-4-5-11-13(2,3)14-12-9-7-6-8-10-12/h12,14H,4-11H2,1-3H3. The van der Waals surface area contributed by atoms with Gasteiger partial charge < -0.3 is 5.32 Å². The third-order valence-corrected chi connectivity index (χ3v) is 3.36. The van der Waals surface area contributed by atoms with Crippen molar-refractivity contribution in [1.29, 1.82) is 0 Å². The first kappa shape index (κ1) is 12.0. The van der Waals surface area contributed by atoms with Gasteiger partial charge in [-0.25, -0.2) is 0 Å². The van der Waals surface area contributed by atoms with E-state index in [1.807, 2.05) is 0 Å². The van der Waals surface area contributed by atoms with Gasteiger partial charge in [-0.15, -0.1) is 0 Å². The third-order valence-electron chi connectivity index (χ3n) is 3.36. The molecule has 0 atom stereocenters. The number of hydrogen-bond donors (Lipinski definition) is 1. The lowest BCUT2D eigenvalue weighted by Gasteiger charge is -2.34. The zero-order valence-corrected chi connectivity index (χ0v) is 10.2. The van der Waals surface area contributed by atoms with Crippen LogP contribution in [0.5, 0.6) is 0 Å². The summed E-state index contributed by atoms with van der Waals surface area (Å²) in [6, 6.07) is 0.801. The molecule has 14 heavy (non-hydrogen) atoms. The second kappa shape index (κ2) is 5.75. The average molecular weight is 197 g/mol. The normalized spacial score (nSPS) is 19.9. The Hall–Kier alpha value is -0.0400. The summed E-state index contributed by atoms with van der Waals surface area (Å²) in [6.07, 6.45) is 11.1. The molecule has 1 fully saturated rings. The average Bonchev–Trinajstić information content (AvgIpc) is 2.16. The maximum atomic E-state index is 3.83. The van der Waals surface area contributed by atoms with Crippen LogP contribution in [0.25, 0.3) is 0 Å². The van der Waals surface area contributed by atoms with Crippen LogP contribution >= 0.6 is 0 Å². The van der Waals surface area contributed by atoms with Gasteiger partial charge in [-0.3, -0.25) is 0 Å². The molecule has 1 aliphatic carbocycles. The van der Waals surface area contributed by atoms with E-state index in [9.17, 15) is 0 Å². The molecule has 0 aromatic carbocycles. The first-order chi connectivity index (χ1) is 6.64. The van der Waals surface area contributed by atoms with E-state index in [0.717, 1.165) is 6.04 Å². The molecule has 1 nitrogen and oxygen atoms in total. The van der Waals surface area contributed by atoms with Crippen molar-refractivity contribution in [3.8, 4) is 0 Å². The summed E-state index contributed by atoms with van der Waals surface area (Å²) < 4.78 is 0. The van der Waals surface area contributed by atoms with Gasteiger partial charge in [-0.05, 0) is 33.1 Å². The van der Waals surface area contributed by atoms with Crippen LogP contribution in [0.1, 0.15) is 72.1 Å². The van der Waals surface area contributed by atoms with Crippen molar-refractivity contribution in [2.45, 2.75) is 83.7 Å². The minimum atomic E-state index is 0.359. The first-order valence-corrected chi connectivity index (χ1v) is 6.42. The molecule has 0 heterocycles. The number of hydrogen-bond acceptors (Lipinski definition) is 1. The Balaban J connectivity index is 2.25. The van der Waals surface area contributed by atoms with E-state index < -0.39 is 0 Å². The Bertz CT molecular complexity index is 145. The first-order valence-electron chi connectivity index (χ1n) is 6.42. The highest BCUT2D eigenvalue weighted by Gasteiger charge is 2.22. The van der Waals surface area contributed by atoms with E-state index in [2.05, 4.69) is 26.1 Å². The summed E-state index contributed by atoms with van der Waals surface area (Å²) >= 11 is 0. The van der Waals surface area contributed by atoms with E-state index in [1.165, 1.54) is 51.4 Å². The highest BCUT2D eigenvalue weighted by Crippen LogP contribution is 2.22. The summed E-state index contributed by atoms with van der Waals surface area (Å²) in [4.78, 5) is 0. The minimum absolute atomic E-state index is 0.359. The van der Waals surface area contributed by atoms with Gasteiger partial charge >= 0.3 is 0 Å². The highest BCUT2D eigenvalue weighted by atomic mass is 15.0. The Kier molecular flexibility index (Phi) is 4.94. The van der Waals surface area contributed by atoms with Crippen molar-refractivity contribution in [3.05, 3.63) is 0 Å². The monoisotopic (exact) mass is 197 g/mol. The molecule has 1 saturated carbocycles. The van der Waals surface area contributed by atoms with E-state index in [0.29, 0.717) is 5.54 Å². The maximum absolute atomic E-state index is 3.83. The lowest BCUT2D eigenvalue weighted by Crippen LogP contribution is -2.46. The van der Waals surface area contributed by atoms with Gasteiger partial charge in [-0.1, -0.05) is 39.0 Å². The van der Waals surface area contributed by atoms with E-state index >= 15 is 0 Å². The smallest absolute Gasteiger partial charge is 0.0127 e. The predicted octanol–water partition coefficient (Wildman–Crippen LogP) is 3.88. The molecular formula is C13H27N. The molecule has 0 saturated heterocycles. The fraction of sp³-hybridized carbons (Fsp3) is 1.00. The zero-order valence-electron chi connectivity index (χ0n) is 10.2. The molecule has 0 radical (unpaired) electrons. The van der Waals surface area contributed by atoms with Crippen molar-refractivity contribution < 1.29 is 0 Å². The molecule has 0 aliphatic heterocycles. The van der Waals surface area contributed by atoms with Crippen LogP contribution < -0.4 is 5.32 Å². The second-order valence-corrected chi connectivity index (χ2v) is 5.47. The molecule has 0 aromatic heterocycles. The molecule has 0 spiro atoms. The Morgan fingerprint density at radius 3 is 2.36 bits per heavy atom.